The topological polar surface area (TPSA) is 41.1 Å². The summed E-state index contributed by atoms with van der Waals surface area (Å²) < 4.78 is 0. The zero-order valence-corrected chi connectivity index (χ0v) is 20.7. The summed E-state index contributed by atoms with van der Waals surface area (Å²) in [4.78, 5) is 13.8. The first-order chi connectivity index (χ1) is 16.9. The summed E-state index contributed by atoms with van der Waals surface area (Å²) in [5, 5.41) is 7.06. The molecule has 1 atom stereocenters. The molecule has 178 valence electrons. The Morgan fingerprint density at radius 2 is 1.00 bits per heavy atom. The van der Waals surface area contributed by atoms with Crippen LogP contribution in [-0.4, -0.2) is 11.9 Å². The number of rotatable bonds is 8. The molecule has 0 heterocycles. The van der Waals surface area contributed by atoms with Crippen LogP contribution < -0.4 is 10.6 Å². The maximum atomic E-state index is 13.8. The molecule has 4 rings (SSSR count). The van der Waals surface area contributed by atoms with E-state index in [9.17, 15) is 4.79 Å². The van der Waals surface area contributed by atoms with Gasteiger partial charge in [-0.05, 0) is 27.7 Å². The predicted molar refractivity (Wildman–Crippen MR) is 144 cm³/mol. The third kappa shape index (κ3) is 5.52. The fraction of sp³-hybridized carbons (Fsp3) is 0.219. The van der Waals surface area contributed by atoms with Gasteiger partial charge in [0, 0.05) is 6.54 Å². The summed E-state index contributed by atoms with van der Waals surface area (Å²) in [7, 11) is 0. The molecule has 0 aliphatic rings. The molecule has 4 aromatic rings. The number of hydrogen-bond acceptors (Lipinski definition) is 2. The zero-order valence-electron chi connectivity index (χ0n) is 20.7. The summed E-state index contributed by atoms with van der Waals surface area (Å²) in [6.45, 7) is 6.82. The van der Waals surface area contributed by atoms with Crippen LogP contribution >= 0.6 is 0 Å². The smallest absolute Gasteiger partial charge is 0.237 e. The van der Waals surface area contributed by atoms with E-state index in [0.29, 0.717) is 6.54 Å². The van der Waals surface area contributed by atoms with Crippen LogP contribution in [0, 0.1) is 5.41 Å². The Kier molecular flexibility index (Phi) is 7.48. The van der Waals surface area contributed by atoms with E-state index in [4.69, 9.17) is 0 Å². The molecule has 0 fully saturated rings. The van der Waals surface area contributed by atoms with E-state index in [0.717, 1.165) is 22.3 Å². The van der Waals surface area contributed by atoms with Crippen molar-refractivity contribution < 1.29 is 4.79 Å². The van der Waals surface area contributed by atoms with Crippen LogP contribution in [0.2, 0.25) is 0 Å². The van der Waals surface area contributed by atoms with Crippen molar-refractivity contribution in [3.8, 4) is 0 Å². The molecular formula is C32H34N2O. The normalized spacial score (nSPS) is 12.7. The third-order valence-corrected chi connectivity index (χ3v) is 6.42. The molecular weight excluding hydrogens is 428 g/mol. The number of carbonyl (C=O) groups excluding carboxylic acids is 1. The zero-order chi connectivity index (χ0) is 24.7. The second-order valence-corrected chi connectivity index (χ2v) is 9.99. The minimum Gasteiger partial charge on any atom is -0.351 e. The first-order valence-corrected chi connectivity index (χ1v) is 12.2. The van der Waals surface area contributed by atoms with Gasteiger partial charge in [0.15, 0.2) is 0 Å². The van der Waals surface area contributed by atoms with Crippen LogP contribution in [0.15, 0.2) is 121 Å². The van der Waals surface area contributed by atoms with Gasteiger partial charge in [0.1, 0.15) is 0 Å². The third-order valence-electron chi connectivity index (χ3n) is 6.42. The van der Waals surface area contributed by atoms with Gasteiger partial charge in [-0.15, -0.1) is 0 Å². The number of nitrogens with one attached hydrogen (secondary N) is 2. The molecule has 2 N–H and O–H groups in total. The second-order valence-electron chi connectivity index (χ2n) is 9.99. The lowest BCUT2D eigenvalue weighted by Gasteiger charge is -2.43. The molecule has 35 heavy (non-hydrogen) atoms. The predicted octanol–water partition coefficient (Wildman–Crippen LogP) is 6.30. The minimum absolute atomic E-state index is 0.0199. The van der Waals surface area contributed by atoms with Gasteiger partial charge in [-0.25, -0.2) is 0 Å². The quantitative estimate of drug-likeness (QED) is 0.302. The van der Waals surface area contributed by atoms with Gasteiger partial charge < -0.3 is 5.32 Å². The summed E-state index contributed by atoms with van der Waals surface area (Å²) in [6.07, 6.45) is 0. The SMILES string of the molecule is CC(C)(C)C(NC(c1ccccc1)(c1ccccc1)c1ccccc1)C(=O)NCc1ccccc1. The summed E-state index contributed by atoms with van der Waals surface area (Å²) in [5.41, 5.74) is 3.28. The fourth-order valence-corrected chi connectivity index (χ4v) is 4.59. The van der Waals surface area contributed by atoms with Crippen molar-refractivity contribution in [3.05, 3.63) is 144 Å². The number of amides is 1. The molecule has 0 aliphatic carbocycles. The number of benzene rings is 4. The van der Waals surface area contributed by atoms with Crippen LogP contribution in [-0.2, 0) is 16.9 Å². The summed E-state index contributed by atoms with van der Waals surface area (Å²) >= 11 is 0. The van der Waals surface area contributed by atoms with E-state index >= 15 is 0 Å². The van der Waals surface area contributed by atoms with Gasteiger partial charge in [0.2, 0.25) is 5.91 Å². The van der Waals surface area contributed by atoms with Crippen LogP contribution in [0.5, 0.6) is 0 Å². The minimum atomic E-state index is -0.716. The highest BCUT2D eigenvalue weighted by molar-refractivity contribution is 5.83. The van der Waals surface area contributed by atoms with E-state index in [2.05, 4.69) is 104 Å². The van der Waals surface area contributed by atoms with Crippen molar-refractivity contribution in [3.63, 3.8) is 0 Å². The van der Waals surface area contributed by atoms with Crippen LogP contribution in [0.3, 0.4) is 0 Å². The average molecular weight is 463 g/mol. The highest BCUT2D eigenvalue weighted by Crippen LogP contribution is 2.39. The van der Waals surface area contributed by atoms with Gasteiger partial charge in [-0.3, -0.25) is 10.1 Å². The summed E-state index contributed by atoms with van der Waals surface area (Å²) in [6, 6.07) is 40.8. The highest BCUT2D eigenvalue weighted by Gasteiger charge is 2.43. The number of carbonyl (C=O) groups is 1. The molecule has 0 aliphatic heterocycles. The lowest BCUT2D eigenvalue weighted by atomic mass is 9.74. The van der Waals surface area contributed by atoms with Gasteiger partial charge in [-0.2, -0.15) is 0 Å². The van der Waals surface area contributed by atoms with E-state index in [-0.39, 0.29) is 11.3 Å². The maximum Gasteiger partial charge on any atom is 0.237 e. The van der Waals surface area contributed by atoms with E-state index in [1.54, 1.807) is 0 Å². The monoisotopic (exact) mass is 462 g/mol. The second kappa shape index (κ2) is 10.7. The Bertz CT molecular complexity index is 1100. The molecule has 0 spiro atoms. The molecule has 0 saturated heterocycles. The van der Waals surface area contributed by atoms with Gasteiger partial charge >= 0.3 is 0 Å². The van der Waals surface area contributed by atoms with Gasteiger partial charge in [0.25, 0.3) is 0 Å². The molecule has 1 amide bonds. The Balaban J connectivity index is 1.82. The van der Waals surface area contributed by atoms with Gasteiger partial charge in [-0.1, -0.05) is 142 Å². The van der Waals surface area contributed by atoms with E-state index in [1.807, 2.05) is 48.5 Å². The lowest BCUT2D eigenvalue weighted by molar-refractivity contribution is -0.126. The maximum absolute atomic E-state index is 13.8. The van der Waals surface area contributed by atoms with Gasteiger partial charge in [0.05, 0.1) is 11.6 Å². The van der Waals surface area contributed by atoms with Crippen molar-refractivity contribution in [2.75, 3.05) is 0 Å². The van der Waals surface area contributed by atoms with E-state index < -0.39 is 11.6 Å². The molecule has 0 bridgehead atoms. The standard InChI is InChI=1S/C32H34N2O/c1-31(2,3)29(30(35)33-24-25-16-8-4-9-17-25)34-32(26-18-10-5-11-19-26,27-20-12-6-13-21-27)28-22-14-7-15-23-28/h4-23,29,34H,24H2,1-3H3,(H,33,35). The largest absolute Gasteiger partial charge is 0.351 e. The Labute approximate surface area is 209 Å². The molecule has 0 radical (unpaired) electrons. The first-order valence-electron chi connectivity index (χ1n) is 12.2. The van der Waals surface area contributed by atoms with Crippen LogP contribution in [0.25, 0.3) is 0 Å². The average Bonchev–Trinajstić information content (AvgIpc) is 2.89. The highest BCUT2D eigenvalue weighted by atomic mass is 16.2. The first kappa shape index (κ1) is 24.4. The Morgan fingerprint density at radius 3 is 1.37 bits per heavy atom. The molecule has 0 aromatic heterocycles. The molecule has 1 unspecified atom stereocenters. The Morgan fingerprint density at radius 1 is 0.629 bits per heavy atom. The van der Waals surface area contributed by atoms with E-state index in [1.165, 1.54) is 0 Å². The van der Waals surface area contributed by atoms with Crippen LogP contribution in [0.4, 0.5) is 0 Å². The van der Waals surface area contributed by atoms with Crippen molar-refractivity contribution in [2.45, 2.75) is 38.9 Å². The fourth-order valence-electron chi connectivity index (χ4n) is 4.59. The van der Waals surface area contributed by atoms with Crippen molar-refractivity contribution in [1.29, 1.82) is 0 Å². The van der Waals surface area contributed by atoms with Crippen molar-refractivity contribution in [1.82, 2.24) is 10.6 Å². The number of hydrogen-bond donors (Lipinski definition) is 2. The summed E-state index contributed by atoms with van der Waals surface area (Å²) in [5.74, 6) is -0.0199. The molecule has 3 heteroatoms. The van der Waals surface area contributed by atoms with Crippen LogP contribution in [0.1, 0.15) is 43.0 Å². The Hall–Kier alpha value is -3.69. The lowest BCUT2D eigenvalue weighted by Crippen LogP contribution is -2.59. The van der Waals surface area contributed by atoms with Crippen molar-refractivity contribution >= 4 is 5.91 Å². The molecule has 3 nitrogen and oxygen atoms in total. The molecule has 0 saturated carbocycles. The molecule has 4 aromatic carbocycles. The van der Waals surface area contributed by atoms with Crippen molar-refractivity contribution in [2.24, 2.45) is 5.41 Å².